The molecule has 0 spiro atoms. The number of furan rings is 1. The summed E-state index contributed by atoms with van der Waals surface area (Å²) in [5, 5.41) is 13.8. The molecule has 3 aromatic carbocycles. The molecule has 0 saturated heterocycles. The van der Waals surface area contributed by atoms with Crippen LogP contribution >= 0.6 is 63.7 Å². The lowest BCUT2D eigenvalue weighted by Gasteiger charge is -2.11. The third-order valence-corrected chi connectivity index (χ3v) is 6.97. The van der Waals surface area contributed by atoms with Crippen molar-refractivity contribution in [1.82, 2.24) is 5.43 Å². The summed E-state index contributed by atoms with van der Waals surface area (Å²) in [6, 6.07) is 15.4. The summed E-state index contributed by atoms with van der Waals surface area (Å²) in [7, 11) is 0. The highest BCUT2D eigenvalue weighted by atomic mass is 79.9. The van der Waals surface area contributed by atoms with Crippen LogP contribution in [0.2, 0.25) is 0 Å². The smallest absolute Gasteiger partial charge is 0.335 e. The van der Waals surface area contributed by atoms with Gasteiger partial charge in [-0.3, -0.25) is 4.79 Å². The van der Waals surface area contributed by atoms with Gasteiger partial charge in [0.2, 0.25) is 0 Å². The summed E-state index contributed by atoms with van der Waals surface area (Å²) in [5.74, 6) is -0.742. The SMILES string of the molecule is O=C(O)c1ccc(COc2c(Br)cc(/C=N\NC(=O)c3cc4cc(Br)cc(Br)c4o3)cc2Br)cc1. The van der Waals surface area contributed by atoms with Crippen LogP contribution in [0.25, 0.3) is 11.0 Å². The number of fused-ring (bicyclic) bond motifs is 1. The Morgan fingerprint density at radius 2 is 1.66 bits per heavy atom. The maximum absolute atomic E-state index is 12.5. The topological polar surface area (TPSA) is 101 Å². The van der Waals surface area contributed by atoms with Crippen molar-refractivity contribution in [2.75, 3.05) is 0 Å². The van der Waals surface area contributed by atoms with E-state index in [0.717, 1.165) is 19.9 Å². The normalized spacial score (nSPS) is 11.2. The van der Waals surface area contributed by atoms with E-state index in [-0.39, 0.29) is 17.9 Å². The number of ether oxygens (including phenoxy) is 1. The lowest BCUT2D eigenvalue weighted by Crippen LogP contribution is -2.16. The Morgan fingerprint density at radius 1 is 0.971 bits per heavy atom. The van der Waals surface area contributed by atoms with Crippen molar-refractivity contribution in [2.24, 2.45) is 5.10 Å². The van der Waals surface area contributed by atoms with E-state index >= 15 is 0 Å². The number of amides is 1. The molecule has 0 aliphatic rings. The summed E-state index contributed by atoms with van der Waals surface area (Å²) >= 11 is 13.8. The number of carbonyl (C=O) groups is 2. The van der Waals surface area contributed by atoms with Gasteiger partial charge in [-0.15, -0.1) is 0 Å². The fourth-order valence-electron chi connectivity index (χ4n) is 3.10. The average molecular weight is 730 g/mol. The minimum absolute atomic E-state index is 0.137. The Bertz CT molecular complexity index is 1440. The van der Waals surface area contributed by atoms with Crippen molar-refractivity contribution in [3.63, 3.8) is 0 Å². The van der Waals surface area contributed by atoms with Gasteiger partial charge in [-0.2, -0.15) is 5.10 Å². The fraction of sp³-hybridized carbons (Fsp3) is 0.0417. The number of carbonyl (C=O) groups excluding carboxylic acids is 1. The Morgan fingerprint density at radius 3 is 2.31 bits per heavy atom. The van der Waals surface area contributed by atoms with E-state index < -0.39 is 11.9 Å². The predicted octanol–water partition coefficient (Wildman–Crippen LogP) is 7.52. The van der Waals surface area contributed by atoms with Gasteiger partial charge in [0.05, 0.1) is 25.2 Å². The Hall–Kier alpha value is -2.47. The number of nitrogens with zero attached hydrogens (tertiary/aromatic N) is 1. The molecule has 0 bridgehead atoms. The molecule has 2 N–H and O–H groups in total. The molecule has 0 radical (unpaired) electrons. The number of carboxylic acid groups (broad SMARTS) is 1. The molecule has 4 rings (SSSR count). The van der Waals surface area contributed by atoms with Crippen LogP contribution in [0.3, 0.4) is 0 Å². The second-order valence-electron chi connectivity index (χ2n) is 7.22. The lowest BCUT2D eigenvalue weighted by atomic mass is 10.1. The molecule has 0 saturated carbocycles. The zero-order valence-corrected chi connectivity index (χ0v) is 23.9. The molecule has 0 aliphatic heterocycles. The molecule has 1 aromatic heterocycles. The third-order valence-electron chi connectivity index (χ3n) is 4.74. The van der Waals surface area contributed by atoms with Gasteiger partial charge < -0.3 is 14.3 Å². The van der Waals surface area contributed by atoms with Gasteiger partial charge in [-0.05, 0) is 101 Å². The molecule has 35 heavy (non-hydrogen) atoms. The van der Waals surface area contributed by atoms with Crippen molar-refractivity contribution in [1.29, 1.82) is 0 Å². The Kier molecular flexibility index (Phi) is 8.10. The van der Waals surface area contributed by atoms with E-state index in [1.807, 2.05) is 12.1 Å². The monoisotopic (exact) mass is 726 g/mol. The summed E-state index contributed by atoms with van der Waals surface area (Å²) in [4.78, 5) is 23.4. The van der Waals surface area contributed by atoms with E-state index in [0.29, 0.717) is 25.8 Å². The zero-order valence-electron chi connectivity index (χ0n) is 17.5. The first-order valence-electron chi connectivity index (χ1n) is 9.87. The lowest BCUT2D eigenvalue weighted by molar-refractivity contribution is 0.0696. The summed E-state index contributed by atoms with van der Waals surface area (Å²) in [6.45, 7) is 0.255. The number of aromatic carboxylic acids is 1. The maximum Gasteiger partial charge on any atom is 0.335 e. The standard InChI is InChI=1S/C24H14Br4N2O5/c25-16-7-15-8-20(35-21(15)19(28)9-16)23(31)30-29-10-13-5-17(26)22(18(27)6-13)34-11-12-1-3-14(4-2-12)24(32)33/h1-10H,11H2,(H,30,31)(H,32,33)/b29-10-. The van der Waals surface area contributed by atoms with Crippen molar-refractivity contribution >= 4 is 92.8 Å². The molecule has 7 nitrogen and oxygen atoms in total. The van der Waals surface area contributed by atoms with Crippen LogP contribution < -0.4 is 10.2 Å². The van der Waals surface area contributed by atoms with Crippen LogP contribution in [0.5, 0.6) is 5.75 Å². The fourth-order valence-corrected chi connectivity index (χ4v) is 5.89. The van der Waals surface area contributed by atoms with E-state index in [4.69, 9.17) is 14.3 Å². The molecule has 0 atom stereocenters. The first kappa shape index (κ1) is 25.6. The van der Waals surface area contributed by atoms with E-state index in [9.17, 15) is 9.59 Å². The number of halogens is 4. The molecule has 11 heteroatoms. The van der Waals surface area contributed by atoms with Crippen molar-refractivity contribution in [3.8, 4) is 5.75 Å². The molecular weight excluding hydrogens is 716 g/mol. The molecule has 0 unspecified atom stereocenters. The number of benzene rings is 3. The van der Waals surface area contributed by atoms with Crippen LogP contribution in [-0.2, 0) is 6.61 Å². The molecule has 4 aromatic rings. The number of hydrogen-bond donors (Lipinski definition) is 2. The van der Waals surface area contributed by atoms with Crippen molar-refractivity contribution in [2.45, 2.75) is 6.61 Å². The number of rotatable bonds is 7. The largest absolute Gasteiger partial charge is 0.487 e. The van der Waals surface area contributed by atoms with Crippen LogP contribution in [0.4, 0.5) is 0 Å². The highest BCUT2D eigenvalue weighted by Gasteiger charge is 2.14. The Balaban J connectivity index is 1.40. The summed E-state index contributed by atoms with van der Waals surface area (Å²) in [6.07, 6.45) is 1.50. The third kappa shape index (κ3) is 6.21. The molecular formula is C24H14Br4N2O5. The zero-order chi connectivity index (χ0) is 25.1. The molecule has 0 aliphatic carbocycles. The highest BCUT2D eigenvalue weighted by Crippen LogP contribution is 2.35. The number of nitrogens with one attached hydrogen (secondary N) is 1. The van der Waals surface area contributed by atoms with E-state index in [1.54, 1.807) is 30.3 Å². The van der Waals surface area contributed by atoms with Gasteiger partial charge in [0, 0.05) is 9.86 Å². The maximum atomic E-state index is 12.5. The molecule has 178 valence electrons. The van der Waals surface area contributed by atoms with Crippen LogP contribution in [0.1, 0.15) is 32.0 Å². The predicted molar refractivity (Wildman–Crippen MR) is 146 cm³/mol. The van der Waals surface area contributed by atoms with Gasteiger partial charge in [0.15, 0.2) is 5.76 Å². The minimum atomic E-state index is -0.977. The average Bonchev–Trinajstić information content (AvgIpc) is 3.23. The minimum Gasteiger partial charge on any atom is -0.487 e. The second kappa shape index (κ2) is 11.1. The van der Waals surface area contributed by atoms with E-state index in [2.05, 4.69) is 74.2 Å². The van der Waals surface area contributed by atoms with Gasteiger partial charge >= 0.3 is 11.9 Å². The summed E-state index contributed by atoms with van der Waals surface area (Å²) in [5.41, 5.74) is 4.78. The van der Waals surface area contributed by atoms with E-state index in [1.165, 1.54) is 18.3 Å². The van der Waals surface area contributed by atoms with Crippen LogP contribution in [0.15, 0.2) is 82.0 Å². The quantitative estimate of drug-likeness (QED) is 0.151. The van der Waals surface area contributed by atoms with Crippen molar-refractivity contribution in [3.05, 3.63) is 94.9 Å². The number of hydrazone groups is 1. The Labute approximate surface area is 233 Å². The summed E-state index contributed by atoms with van der Waals surface area (Å²) < 4.78 is 14.5. The van der Waals surface area contributed by atoms with Gasteiger partial charge in [-0.25, -0.2) is 10.2 Å². The molecule has 1 amide bonds. The molecule has 1 heterocycles. The van der Waals surface area contributed by atoms with Crippen LogP contribution in [-0.4, -0.2) is 23.2 Å². The first-order valence-corrected chi connectivity index (χ1v) is 13.0. The second-order valence-corrected chi connectivity index (χ2v) is 10.7. The first-order chi connectivity index (χ1) is 16.7. The number of carboxylic acids is 1. The van der Waals surface area contributed by atoms with Gasteiger partial charge in [0.25, 0.3) is 0 Å². The highest BCUT2D eigenvalue weighted by molar-refractivity contribution is 9.11. The molecule has 0 fully saturated rings. The van der Waals surface area contributed by atoms with Crippen LogP contribution in [0, 0.1) is 0 Å². The van der Waals surface area contributed by atoms with Crippen molar-refractivity contribution < 1.29 is 23.8 Å². The number of hydrogen-bond acceptors (Lipinski definition) is 5. The van der Waals surface area contributed by atoms with Gasteiger partial charge in [-0.1, -0.05) is 28.1 Å². The van der Waals surface area contributed by atoms with Gasteiger partial charge in [0.1, 0.15) is 17.9 Å².